The minimum atomic E-state index is -4.36. The Balaban J connectivity index is 0.000000316. The fourth-order valence-corrected chi connectivity index (χ4v) is 2.66. The van der Waals surface area contributed by atoms with E-state index in [0.29, 0.717) is 24.3 Å². The van der Waals surface area contributed by atoms with Gasteiger partial charge in [0.05, 0.1) is 37.8 Å². The van der Waals surface area contributed by atoms with Crippen LogP contribution in [0.15, 0.2) is 49.1 Å². The van der Waals surface area contributed by atoms with Gasteiger partial charge in [-0.15, -0.1) is 0 Å². The number of carbonyl (C=O) groups is 1. The molecule has 7 nitrogen and oxygen atoms in total. The first-order chi connectivity index (χ1) is 14.6. The minimum absolute atomic E-state index is 0.140. The lowest BCUT2D eigenvalue weighted by molar-refractivity contribution is -0.137. The summed E-state index contributed by atoms with van der Waals surface area (Å²) in [4.78, 5) is 20.1. The van der Waals surface area contributed by atoms with Gasteiger partial charge >= 0.3 is 6.18 Å². The molecule has 0 spiro atoms. The fourth-order valence-electron chi connectivity index (χ4n) is 2.66. The molecule has 0 radical (unpaired) electrons. The van der Waals surface area contributed by atoms with E-state index in [4.69, 9.17) is 15.2 Å². The molecule has 3 rings (SSSR count). The van der Waals surface area contributed by atoms with Gasteiger partial charge in [-0.25, -0.2) is 14.4 Å². The molecule has 2 aromatic rings. The lowest BCUT2D eigenvalue weighted by Crippen LogP contribution is -2.30. The number of aromatic nitrogens is 2. The van der Waals surface area contributed by atoms with Gasteiger partial charge in [-0.1, -0.05) is 18.7 Å². The van der Waals surface area contributed by atoms with Gasteiger partial charge in [0.25, 0.3) is 5.91 Å². The first-order valence-electron chi connectivity index (χ1n) is 9.13. The number of amides is 1. The molecule has 2 heterocycles. The molecule has 168 valence electrons. The molecule has 1 saturated heterocycles. The lowest BCUT2D eigenvalue weighted by atomic mass is 10.1. The maximum atomic E-state index is 12.7. The van der Waals surface area contributed by atoms with E-state index in [2.05, 4.69) is 16.5 Å². The highest BCUT2D eigenvalue weighted by molar-refractivity contribution is 5.90. The van der Waals surface area contributed by atoms with Gasteiger partial charge < -0.3 is 20.1 Å². The van der Waals surface area contributed by atoms with Crippen LogP contribution in [-0.4, -0.2) is 47.1 Å². The molecule has 1 aliphatic rings. The highest BCUT2D eigenvalue weighted by atomic mass is 19.4. The largest absolute Gasteiger partial charge is 0.494 e. The van der Waals surface area contributed by atoms with Crippen LogP contribution in [0.5, 0.6) is 5.75 Å². The maximum absolute atomic E-state index is 12.7. The van der Waals surface area contributed by atoms with Crippen molar-refractivity contribution in [1.29, 1.82) is 0 Å². The Morgan fingerprint density at radius 1 is 1.26 bits per heavy atom. The van der Waals surface area contributed by atoms with Crippen molar-refractivity contribution in [1.82, 2.24) is 14.9 Å². The van der Waals surface area contributed by atoms with Crippen molar-refractivity contribution in [2.45, 2.75) is 25.3 Å². The molecule has 31 heavy (non-hydrogen) atoms. The Labute approximate surface area is 176 Å². The number of rotatable bonds is 5. The van der Waals surface area contributed by atoms with Gasteiger partial charge in [-0.05, 0) is 24.1 Å². The molecular weight excluding hydrogens is 420 g/mol. The molecule has 0 bridgehead atoms. The van der Waals surface area contributed by atoms with Gasteiger partial charge in [-0.2, -0.15) is 13.2 Å². The number of likely N-dealkylation sites (tertiary alicyclic amines) is 1. The highest BCUT2D eigenvalue weighted by Crippen LogP contribution is 2.29. The van der Waals surface area contributed by atoms with E-state index >= 15 is 0 Å². The average molecular weight is 442 g/mol. The number of benzene rings is 1. The van der Waals surface area contributed by atoms with E-state index in [-0.39, 0.29) is 25.2 Å². The summed E-state index contributed by atoms with van der Waals surface area (Å²) >= 11 is 0. The second-order valence-electron chi connectivity index (χ2n) is 6.55. The van der Waals surface area contributed by atoms with Crippen molar-refractivity contribution in [3.05, 3.63) is 60.2 Å². The molecule has 1 aromatic carbocycles. The first kappa shape index (κ1) is 24.1. The van der Waals surface area contributed by atoms with Gasteiger partial charge in [0.2, 0.25) is 5.95 Å². The van der Waals surface area contributed by atoms with Crippen molar-refractivity contribution in [2.75, 3.05) is 25.9 Å². The molecule has 1 aliphatic heterocycles. The van der Waals surface area contributed by atoms with Gasteiger partial charge in [-0.3, -0.25) is 4.79 Å². The second-order valence-corrected chi connectivity index (χ2v) is 6.55. The predicted molar refractivity (Wildman–Crippen MR) is 104 cm³/mol. The molecule has 1 fully saturated rings. The van der Waals surface area contributed by atoms with Crippen LogP contribution in [0.2, 0.25) is 0 Å². The molecule has 1 aromatic heterocycles. The third kappa shape index (κ3) is 7.52. The predicted octanol–water partition coefficient (Wildman–Crippen LogP) is 3.37. The first-order valence-corrected chi connectivity index (χ1v) is 9.13. The summed E-state index contributed by atoms with van der Waals surface area (Å²) in [6.07, 6.45) is -1.03. The zero-order valence-electron chi connectivity index (χ0n) is 16.7. The van der Waals surface area contributed by atoms with Crippen molar-refractivity contribution >= 4 is 11.9 Å². The number of nitrogens with zero attached hydrogens (tertiary/aromatic N) is 3. The number of hydrogen-bond donors (Lipinski definition) is 1. The van der Waals surface area contributed by atoms with Crippen LogP contribution in [0.1, 0.15) is 17.5 Å². The van der Waals surface area contributed by atoms with Crippen LogP contribution >= 0.6 is 0 Å². The van der Waals surface area contributed by atoms with E-state index in [0.717, 1.165) is 12.1 Å². The number of hydrogen-bond acceptors (Lipinski definition) is 6. The Kier molecular flexibility index (Phi) is 8.31. The number of anilines is 1. The Hall–Kier alpha value is -3.21. The standard InChI is InChI=1S/C15H15F4NO2.C5H7N3O/c1-10(16)14(21)20-7-6-13(8-20)22-9-11-2-4-12(5-3-11)15(17,18)19;1-9-4-2-7-5(6)8-3-4/h2-5,13H,1,6-9H2;2-3H,1H3,(H2,6,7,8). The zero-order chi connectivity index (χ0) is 23.0. The van der Waals surface area contributed by atoms with Gasteiger partial charge in [0.1, 0.15) is 0 Å². The molecule has 11 heteroatoms. The zero-order valence-corrected chi connectivity index (χ0v) is 16.7. The summed E-state index contributed by atoms with van der Waals surface area (Å²) < 4.78 is 60.4. The highest BCUT2D eigenvalue weighted by Gasteiger charge is 2.30. The molecule has 1 atom stereocenters. The van der Waals surface area contributed by atoms with Crippen molar-refractivity contribution in [3.8, 4) is 5.75 Å². The molecule has 0 saturated carbocycles. The number of alkyl halides is 3. The van der Waals surface area contributed by atoms with E-state index < -0.39 is 23.5 Å². The van der Waals surface area contributed by atoms with E-state index in [1.807, 2.05) is 0 Å². The van der Waals surface area contributed by atoms with Crippen LogP contribution in [-0.2, 0) is 22.3 Å². The number of nitrogen functional groups attached to an aromatic ring is 1. The fraction of sp³-hybridized carbons (Fsp3) is 0.350. The number of ether oxygens (including phenoxy) is 2. The number of nitrogens with two attached hydrogens (primary N) is 1. The molecule has 1 amide bonds. The van der Waals surface area contributed by atoms with Crippen LogP contribution in [0.25, 0.3) is 0 Å². The molecule has 2 N–H and O–H groups in total. The summed E-state index contributed by atoms with van der Waals surface area (Å²) in [6.45, 7) is 3.72. The molecule has 0 aliphatic carbocycles. The quantitative estimate of drug-likeness (QED) is 0.564. The number of halogens is 4. The smallest absolute Gasteiger partial charge is 0.416 e. The van der Waals surface area contributed by atoms with Gasteiger partial charge in [0.15, 0.2) is 11.6 Å². The van der Waals surface area contributed by atoms with E-state index in [1.54, 1.807) is 7.11 Å². The average Bonchev–Trinajstić information content (AvgIpc) is 3.21. The summed E-state index contributed by atoms with van der Waals surface area (Å²) in [7, 11) is 1.55. The third-order valence-corrected chi connectivity index (χ3v) is 4.32. The number of methoxy groups -OCH3 is 1. The normalized spacial score (nSPS) is 15.8. The summed E-state index contributed by atoms with van der Waals surface area (Å²) in [5, 5.41) is 0. The summed E-state index contributed by atoms with van der Waals surface area (Å²) in [5.41, 5.74) is 5.10. The van der Waals surface area contributed by atoms with Crippen molar-refractivity contribution < 1.29 is 31.8 Å². The van der Waals surface area contributed by atoms with Crippen LogP contribution in [0, 0.1) is 0 Å². The summed E-state index contributed by atoms with van der Waals surface area (Å²) in [6, 6.07) is 4.70. The topological polar surface area (TPSA) is 90.6 Å². The lowest BCUT2D eigenvalue weighted by Gasteiger charge is -2.15. The summed E-state index contributed by atoms with van der Waals surface area (Å²) in [5.74, 6) is -0.885. The monoisotopic (exact) mass is 442 g/mol. The maximum Gasteiger partial charge on any atom is 0.416 e. The molecule has 1 unspecified atom stereocenters. The Bertz CT molecular complexity index is 873. The van der Waals surface area contributed by atoms with E-state index in [9.17, 15) is 22.4 Å². The van der Waals surface area contributed by atoms with E-state index in [1.165, 1.54) is 29.4 Å². The van der Waals surface area contributed by atoms with Crippen LogP contribution < -0.4 is 10.5 Å². The van der Waals surface area contributed by atoms with Gasteiger partial charge in [0, 0.05) is 13.1 Å². The van der Waals surface area contributed by atoms with Crippen LogP contribution in [0.3, 0.4) is 0 Å². The SMILES string of the molecule is C=C(F)C(=O)N1CCC(OCc2ccc(C(F)(F)F)cc2)C1.COc1cnc(N)nc1. The van der Waals surface area contributed by atoms with Crippen molar-refractivity contribution in [3.63, 3.8) is 0 Å². The molecular formula is C20H22F4N4O3. The Morgan fingerprint density at radius 3 is 2.39 bits per heavy atom. The van der Waals surface area contributed by atoms with Crippen molar-refractivity contribution in [2.24, 2.45) is 0 Å². The number of carbonyl (C=O) groups excluding carboxylic acids is 1. The Morgan fingerprint density at radius 2 is 1.87 bits per heavy atom. The van der Waals surface area contributed by atoms with Crippen LogP contribution in [0.4, 0.5) is 23.5 Å². The second kappa shape index (κ2) is 10.7. The minimum Gasteiger partial charge on any atom is -0.494 e. The third-order valence-electron chi connectivity index (χ3n) is 4.32.